The first kappa shape index (κ1) is 13.3. The lowest BCUT2D eigenvalue weighted by atomic mass is 10.2. The zero-order chi connectivity index (χ0) is 13.7. The van der Waals surface area contributed by atoms with Gasteiger partial charge in [-0.3, -0.25) is 4.68 Å². The van der Waals surface area contributed by atoms with Crippen LogP contribution in [0.1, 0.15) is 12.0 Å². The van der Waals surface area contributed by atoms with E-state index in [0.29, 0.717) is 19.5 Å². The minimum absolute atomic E-state index is 0.216. The van der Waals surface area contributed by atoms with Gasteiger partial charge in [-0.25, -0.2) is 4.98 Å². The van der Waals surface area contributed by atoms with Crippen LogP contribution in [0.15, 0.2) is 30.7 Å². The van der Waals surface area contributed by atoms with Crippen molar-refractivity contribution < 1.29 is 13.2 Å². The molecule has 0 unspecified atom stereocenters. The molecular formula is C11H12F3N5. The van der Waals surface area contributed by atoms with Gasteiger partial charge in [0.2, 0.25) is 0 Å². The monoisotopic (exact) mass is 271 g/mol. The third-order valence-corrected chi connectivity index (χ3v) is 2.43. The number of aromatic nitrogens is 4. The normalized spacial score (nSPS) is 11.5. The van der Waals surface area contributed by atoms with Gasteiger partial charge in [-0.1, -0.05) is 5.21 Å². The highest BCUT2D eigenvalue weighted by atomic mass is 19.4. The number of aryl methyl sites for hydroxylation is 1. The minimum Gasteiger partial charge on any atom is -0.370 e. The fourth-order valence-electron chi connectivity index (χ4n) is 1.51. The van der Waals surface area contributed by atoms with Crippen molar-refractivity contribution in [2.75, 3.05) is 11.9 Å². The summed E-state index contributed by atoms with van der Waals surface area (Å²) in [5.74, 6) is 0.216. The highest BCUT2D eigenvalue weighted by Gasteiger charge is 2.30. The maximum absolute atomic E-state index is 12.5. The summed E-state index contributed by atoms with van der Waals surface area (Å²) in [6, 6.07) is 1.94. The lowest BCUT2D eigenvalue weighted by molar-refractivity contribution is -0.137. The molecule has 0 saturated heterocycles. The second-order valence-corrected chi connectivity index (χ2v) is 3.87. The average Bonchev–Trinajstić information content (AvgIpc) is 2.87. The van der Waals surface area contributed by atoms with Crippen LogP contribution in [0.5, 0.6) is 0 Å². The maximum Gasteiger partial charge on any atom is 0.416 e. The van der Waals surface area contributed by atoms with Crippen molar-refractivity contribution in [3.63, 3.8) is 0 Å². The predicted octanol–water partition coefficient (Wildman–Crippen LogP) is 2.19. The summed E-state index contributed by atoms with van der Waals surface area (Å²) < 4.78 is 39.1. The second kappa shape index (κ2) is 5.68. The fraction of sp³-hybridized carbons (Fsp3) is 0.364. The van der Waals surface area contributed by atoms with E-state index in [1.165, 1.54) is 0 Å². The second-order valence-electron chi connectivity index (χ2n) is 3.87. The summed E-state index contributed by atoms with van der Waals surface area (Å²) in [4.78, 5) is 3.84. The number of halogens is 3. The van der Waals surface area contributed by atoms with Crippen LogP contribution >= 0.6 is 0 Å². The topological polar surface area (TPSA) is 55.6 Å². The summed E-state index contributed by atoms with van der Waals surface area (Å²) >= 11 is 0. The van der Waals surface area contributed by atoms with E-state index < -0.39 is 11.7 Å². The molecule has 0 spiro atoms. The molecule has 5 nitrogen and oxygen atoms in total. The molecule has 0 aromatic carbocycles. The Morgan fingerprint density at radius 2 is 2.11 bits per heavy atom. The third kappa shape index (κ3) is 3.94. The molecule has 0 aliphatic carbocycles. The van der Waals surface area contributed by atoms with E-state index in [4.69, 9.17) is 0 Å². The largest absolute Gasteiger partial charge is 0.416 e. The van der Waals surface area contributed by atoms with Crippen LogP contribution in [-0.4, -0.2) is 26.5 Å². The van der Waals surface area contributed by atoms with Crippen molar-refractivity contribution in [2.24, 2.45) is 0 Å². The Hall–Kier alpha value is -2.12. The number of pyridine rings is 1. The minimum atomic E-state index is -4.35. The van der Waals surface area contributed by atoms with Crippen molar-refractivity contribution in [3.05, 3.63) is 36.3 Å². The summed E-state index contributed by atoms with van der Waals surface area (Å²) in [6.07, 6.45) is 0.800. The van der Waals surface area contributed by atoms with E-state index in [1.54, 1.807) is 17.1 Å². The van der Waals surface area contributed by atoms with E-state index >= 15 is 0 Å². The quantitative estimate of drug-likeness (QED) is 0.847. The SMILES string of the molecule is FC(F)(F)c1ccnc(NCCCn2ccnn2)c1. The molecule has 0 fully saturated rings. The van der Waals surface area contributed by atoms with Crippen LogP contribution in [0.3, 0.4) is 0 Å². The van der Waals surface area contributed by atoms with Gasteiger partial charge in [0.1, 0.15) is 5.82 Å². The molecule has 0 aliphatic heterocycles. The van der Waals surface area contributed by atoms with Gasteiger partial charge < -0.3 is 5.32 Å². The van der Waals surface area contributed by atoms with Crippen molar-refractivity contribution in [1.29, 1.82) is 0 Å². The van der Waals surface area contributed by atoms with Crippen LogP contribution in [0, 0.1) is 0 Å². The zero-order valence-corrected chi connectivity index (χ0v) is 9.93. The fourth-order valence-corrected chi connectivity index (χ4v) is 1.51. The summed E-state index contributed by atoms with van der Waals surface area (Å²) in [7, 11) is 0. The molecule has 2 heterocycles. The number of hydrogen-bond donors (Lipinski definition) is 1. The summed E-state index contributed by atoms with van der Waals surface area (Å²) in [5.41, 5.74) is -0.707. The van der Waals surface area contributed by atoms with E-state index in [9.17, 15) is 13.2 Å². The van der Waals surface area contributed by atoms with Crippen molar-refractivity contribution >= 4 is 5.82 Å². The van der Waals surface area contributed by atoms with E-state index in [-0.39, 0.29) is 5.82 Å². The number of anilines is 1. The standard InChI is InChI=1S/C11H12F3N5/c12-11(13,14)9-2-4-16-10(8-9)15-3-1-6-19-7-5-17-18-19/h2,4-5,7-8H,1,3,6H2,(H,15,16). The van der Waals surface area contributed by atoms with Crippen molar-refractivity contribution in [3.8, 4) is 0 Å². The molecule has 0 aliphatic rings. The van der Waals surface area contributed by atoms with Gasteiger partial charge >= 0.3 is 6.18 Å². The summed E-state index contributed by atoms with van der Waals surface area (Å²) in [5, 5.41) is 10.3. The number of nitrogens with one attached hydrogen (secondary N) is 1. The Morgan fingerprint density at radius 1 is 1.26 bits per heavy atom. The van der Waals surface area contributed by atoms with E-state index in [1.807, 2.05) is 0 Å². The molecule has 0 atom stereocenters. The molecule has 2 aromatic heterocycles. The van der Waals surface area contributed by atoms with Gasteiger partial charge in [-0.05, 0) is 18.6 Å². The molecule has 0 amide bonds. The average molecular weight is 271 g/mol. The molecule has 8 heteroatoms. The van der Waals surface area contributed by atoms with Crippen LogP contribution in [0.25, 0.3) is 0 Å². The first-order valence-electron chi connectivity index (χ1n) is 5.67. The lowest BCUT2D eigenvalue weighted by Crippen LogP contribution is -2.10. The Labute approximate surface area is 107 Å². The molecule has 0 saturated carbocycles. The molecule has 2 rings (SSSR count). The molecule has 102 valence electrons. The Morgan fingerprint density at radius 3 is 2.79 bits per heavy atom. The van der Waals surface area contributed by atoms with Gasteiger partial charge in [0, 0.05) is 25.5 Å². The number of nitrogens with zero attached hydrogens (tertiary/aromatic N) is 4. The Kier molecular flexibility index (Phi) is 3.98. The molecule has 0 bridgehead atoms. The van der Waals surface area contributed by atoms with Gasteiger partial charge in [0.25, 0.3) is 0 Å². The van der Waals surface area contributed by atoms with Gasteiger partial charge in [0.05, 0.1) is 11.8 Å². The first-order chi connectivity index (χ1) is 9.05. The Bertz CT molecular complexity index is 509. The van der Waals surface area contributed by atoms with Crippen LogP contribution < -0.4 is 5.32 Å². The van der Waals surface area contributed by atoms with Crippen molar-refractivity contribution in [2.45, 2.75) is 19.1 Å². The van der Waals surface area contributed by atoms with E-state index in [0.717, 1.165) is 18.3 Å². The molecular weight excluding hydrogens is 259 g/mol. The van der Waals surface area contributed by atoms with Crippen molar-refractivity contribution in [1.82, 2.24) is 20.0 Å². The lowest BCUT2D eigenvalue weighted by Gasteiger charge is -2.09. The zero-order valence-electron chi connectivity index (χ0n) is 9.93. The predicted molar refractivity (Wildman–Crippen MR) is 62.4 cm³/mol. The van der Waals surface area contributed by atoms with Crippen LogP contribution in [0.4, 0.5) is 19.0 Å². The van der Waals surface area contributed by atoms with Gasteiger partial charge in [0.15, 0.2) is 0 Å². The van der Waals surface area contributed by atoms with Gasteiger partial charge in [-0.2, -0.15) is 13.2 Å². The molecule has 1 N–H and O–H groups in total. The molecule has 2 aromatic rings. The van der Waals surface area contributed by atoms with E-state index in [2.05, 4.69) is 20.6 Å². The number of alkyl halides is 3. The highest BCUT2D eigenvalue weighted by Crippen LogP contribution is 2.29. The Balaban J connectivity index is 1.83. The van der Waals surface area contributed by atoms with Gasteiger partial charge in [-0.15, -0.1) is 5.10 Å². The number of hydrogen-bond acceptors (Lipinski definition) is 4. The first-order valence-corrected chi connectivity index (χ1v) is 5.67. The number of rotatable bonds is 5. The maximum atomic E-state index is 12.5. The van der Waals surface area contributed by atoms with Crippen LogP contribution in [-0.2, 0) is 12.7 Å². The summed E-state index contributed by atoms with van der Waals surface area (Å²) in [6.45, 7) is 1.15. The molecule has 19 heavy (non-hydrogen) atoms. The van der Waals surface area contributed by atoms with Crippen LogP contribution in [0.2, 0.25) is 0 Å². The molecule has 0 radical (unpaired) electrons. The smallest absolute Gasteiger partial charge is 0.370 e. The third-order valence-electron chi connectivity index (χ3n) is 2.43. The highest BCUT2D eigenvalue weighted by molar-refractivity contribution is 5.38.